The lowest BCUT2D eigenvalue weighted by molar-refractivity contribution is -0.122. The Labute approximate surface area is 161 Å². The molecule has 1 heterocycles. The van der Waals surface area contributed by atoms with Gasteiger partial charge in [-0.2, -0.15) is 0 Å². The molecule has 5 heteroatoms. The third-order valence-electron chi connectivity index (χ3n) is 5.03. The van der Waals surface area contributed by atoms with Crippen molar-refractivity contribution < 1.29 is 9.53 Å². The number of anilines is 1. The molecule has 144 valence electrons. The van der Waals surface area contributed by atoms with Crippen molar-refractivity contribution in [3.05, 3.63) is 60.2 Å². The molecule has 1 fully saturated rings. The Morgan fingerprint density at radius 1 is 1.00 bits per heavy atom. The third kappa shape index (κ3) is 4.87. The van der Waals surface area contributed by atoms with Gasteiger partial charge in [0.2, 0.25) is 5.91 Å². The molecule has 1 N–H and O–H groups in total. The highest BCUT2D eigenvalue weighted by Crippen LogP contribution is 2.28. The van der Waals surface area contributed by atoms with Gasteiger partial charge in [0.15, 0.2) is 0 Å². The molecule has 0 aliphatic carbocycles. The van der Waals surface area contributed by atoms with Gasteiger partial charge >= 0.3 is 0 Å². The summed E-state index contributed by atoms with van der Waals surface area (Å²) in [5.41, 5.74) is 1.74. The molecule has 2 aromatic rings. The highest BCUT2D eigenvalue weighted by molar-refractivity contribution is 5.96. The number of amides is 1. The number of rotatable bonds is 7. The molecule has 0 radical (unpaired) electrons. The van der Waals surface area contributed by atoms with Gasteiger partial charge in [-0.3, -0.25) is 9.69 Å². The number of nitrogens with one attached hydrogen (secondary N) is 1. The molecule has 0 bridgehead atoms. The second-order valence-corrected chi connectivity index (χ2v) is 6.70. The molecule has 1 amide bonds. The fraction of sp³-hybridized carbons (Fsp3) is 0.409. The van der Waals surface area contributed by atoms with Gasteiger partial charge in [-0.1, -0.05) is 49.4 Å². The number of likely N-dealkylation sites (N-methyl/N-ethyl adjacent to an activating group) is 1. The van der Waals surface area contributed by atoms with E-state index in [2.05, 4.69) is 22.0 Å². The van der Waals surface area contributed by atoms with E-state index in [0.29, 0.717) is 12.4 Å². The zero-order chi connectivity index (χ0) is 19.1. The topological polar surface area (TPSA) is 44.8 Å². The van der Waals surface area contributed by atoms with Crippen molar-refractivity contribution in [3.8, 4) is 5.75 Å². The van der Waals surface area contributed by atoms with Gasteiger partial charge in [-0.15, -0.1) is 0 Å². The standard InChI is InChI=1S/C22H29N3O2/c1-3-24-14-16-25(17-15-24)21(18-10-6-5-7-11-18)22(26)23-19-12-8-9-13-20(19)27-4-2/h5-13,21H,3-4,14-17H2,1-2H3,(H,23,26)/t21-/m1/s1. The van der Waals surface area contributed by atoms with Gasteiger partial charge in [-0.05, 0) is 31.2 Å². The first-order chi connectivity index (χ1) is 13.2. The third-order valence-corrected chi connectivity index (χ3v) is 5.03. The van der Waals surface area contributed by atoms with E-state index < -0.39 is 0 Å². The molecule has 1 atom stereocenters. The number of hydrogen-bond acceptors (Lipinski definition) is 4. The summed E-state index contributed by atoms with van der Waals surface area (Å²) in [5.74, 6) is 0.689. The Morgan fingerprint density at radius 3 is 2.33 bits per heavy atom. The predicted octanol–water partition coefficient (Wildman–Crippen LogP) is 3.40. The fourth-order valence-corrected chi connectivity index (χ4v) is 3.55. The SMILES string of the molecule is CCOc1ccccc1NC(=O)[C@@H](c1ccccc1)N1CCN(CC)CC1. The lowest BCUT2D eigenvalue weighted by atomic mass is 10.0. The minimum absolute atomic E-state index is 0.0155. The average Bonchev–Trinajstić information content (AvgIpc) is 2.71. The molecule has 0 unspecified atom stereocenters. The Balaban J connectivity index is 1.82. The molecule has 1 aliphatic heterocycles. The summed E-state index contributed by atoms with van der Waals surface area (Å²) < 4.78 is 5.66. The molecule has 3 rings (SSSR count). The van der Waals surface area contributed by atoms with E-state index in [4.69, 9.17) is 4.74 Å². The maximum atomic E-state index is 13.3. The molecule has 5 nitrogen and oxygen atoms in total. The first kappa shape index (κ1) is 19.4. The molecular weight excluding hydrogens is 338 g/mol. The number of carbonyl (C=O) groups is 1. The molecule has 1 saturated heterocycles. The number of benzene rings is 2. The maximum Gasteiger partial charge on any atom is 0.246 e. The van der Waals surface area contributed by atoms with Crippen LogP contribution < -0.4 is 10.1 Å². The second-order valence-electron chi connectivity index (χ2n) is 6.70. The van der Waals surface area contributed by atoms with Crippen LogP contribution in [0.4, 0.5) is 5.69 Å². The van der Waals surface area contributed by atoms with E-state index in [-0.39, 0.29) is 11.9 Å². The van der Waals surface area contributed by atoms with Crippen LogP contribution in [0.2, 0.25) is 0 Å². The first-order valence-corrected chi connectivity index (χ1v) is 9.77. The number of carbonyl (C=O) groups excluding carboxylic acids is 1. The first-order valence-electron chi connectivity index (χ1n) is 9.77. The van der Waals surface area contributed by atoms with Crippen LogP contribution in [0, 0.1) is 0 Å². The number of nitrogens with zero attached hydrogens (tertiary/aromatic N) is 2. The van der Waals surface area contributed by atoms with Crippen LogP contribution in [0.15, 0.2) is 54.6 Å². The Bertz CT molecular complexity index is 727. The van der Waals surface area contributed by atoms with Crippen molar-refractivity contribution in [1.82, 2.24) is 9.80 Å². The number of hydrogen-bond donors (Lipinski definition) is 1. The van der Waals surface area contributed by atoms with Crippen LogP contribution in [0.25, 0.3) is 0 Å². The van der Waals surface area contributed by atoms with Gasteiger partial charge in [0.25, 0.3) is 0 Å². The van der Waals surface area contributed by atoms with Crippen LogP contribution in [0.3, 0.4) is 0 Å². The lowest BCUT2D eigenvalue weighted by Crippen LogP contribution is -2.49. The Morgan fingerprint density at radius 2 is 1.67 bits per heavy atom. The maximum absolute atomic E-state index is 13.3. The van der Waals surface area contributed by atoms with Crippen LogP contribution in [0.1, 0.15) is 25.5 Å². The lowest BCUT2D eigenvalue weighted by Gasteiger charge is -2.38. The number of ether oxygens (including phenoxy) is 1. The van der Waals surface area contributed by atoms with Gasteiger partial charge in [-0.25, -0.2) is 0 Å². The van der Waals surface area contributed by atoms with Gasteiger partial charge in [0.1, 0.15) is 11.8 Å². The van der Waals surface area contributed by atoms with Crippen molar-refractivity contribution >= 4 is 11.6 Å². The fourth-order valence-electron chi connectivity index (χ4n) is 3.55. The van der Waals surface area contributed by atoms with Crippen LogP contribution in [0.5, 0.6) is 5.75 Å². The zero-order valence-electron chi connectivity index (χ0n) is 16.2. The van der Waals surface area contributed by atoms with Crippen LogP contribution >= 0.6 is 0 Å². The highest BCUT2D eigenvalue weighted by Gasteiger charge is 2.30. The molecule has 1 aliphatic rings. The van der Waals surface area contributed by atoms with Gasteiger partial charge < -0.3 is 15.0 Å². The quantitative estimate of drug-likeness (QED) is 0.815. The second kappa shape index (κ2) is 9.53. The van der Waals surface area contributed by atoms with Gasteiger partial charge in [0, 0.05) is 26.2 Å². The summed E-state index contributed by atoms with van der Waals surface area (Å²) in [7, 11) is 0. The summed E-state index contributed by atoms with van der Waals surface area (Å²) in [5, 5.41) is 3.10. The van der Waals surface area contributed by atoms with Crippen molar-refractivity contribution in [3.63, 3.8) is 0 Å². The summed E-state index contributed by atoms with van der Waals surface area (Å²) in [4.78, 5) is 18.0. The van der Waals surface area contributed by atoms with Gasteiger partial charge in [0.05, 0.1) is 12.3 Å². The molecular formula is C22H29N3O2. The molecule has 0 aromatic heterocycles. The number of piperazine rings is 1. The van der Waals surface area contributed by atoms with E-state index in [9.17, 15) is 4.79 Å². The Hall–Kier alpha value is -2.37. The summed E-state index contributed by atoms with van der Waals surface area (Å²) >= 11 is 0. The van der Waals surface area contributed by atoms with Crippen LogP contribution in [-0.2, 0) is 4.79 Å². The largest absolute Gasteiger partial charge is 0.492 e. The van der Waals surface area contributed by atoms with E-state index in [1.54, 1.807) is 0 Å². The monoisotopic (exact) mass is 367 g/mol. The Kier molecular flexibility index (Phi) is 6.85. The molecule has 0 spiro atoms. The molecule has 0 saturated carbocycles. The smallest absolute Gasteiger partial charge is 0.246 e. The highest BCUT2D eigenvalue weighted by atomic mass is 16.5. The van der Waals surface area contributed by atoms with E-state index in [1.165, 1.54) is 0 Å². The van der Waals surface area contributed by atoms with Crippen molar-refractivity contribution in [1.29, 1.82) is 0 Å². The van der Waals surface area contributed by atoms with Crippen molar-refractivity contribution in [2.75, 3.05) is 44.6 Å². The summed E-state index contributed by atoms with van der Waals surface area (Å²) in [6.07, 6.45) is 0. The number of para-hydroxylation sites is 2. The average molecular weight is 367 g/mol. The predicted molar refractivity (Wildman–Crippen MR) is 109 cm³/mol. The van der Waals surface area contributed by atoms with Crippen LogP contribution in [-0.4, -0.2) is 55.0 Å². The molecule has 2 aromatic carbocycles. The van der Waals surface area contributed by atoms with Crippen molar-refractivity contribution in [2.24, 2.45) is 0 Å². The minimum atomic E-state index is -0.306. The normalized spacial score (nSPS) is 16.7. The summed E-state index contributed by atoms with van der Waals surface area (Å²) in [6.45, 7) is 9.49. The molecule has 27 heavy (non-hydrogen) atoms. The van der Waals surface area contributed by atoms with E-state index in [0.717, 1.165) is 44.0 Å². The zero-order valence-corrected chi connectivity index (χ0v) is 16.2. The van der Waals surface area contributed by atoms with Crippen molar-refractivity contribution in [2.45, 2.75) is 19.9 Å². The minimum Gasteiger partial charge on any atom is -0.492 e. The van der Waals surface area contributed by atoms with E-state index in [1.807, 2.05) is 61.5 Å². The van der Waals surface area contributed by atoms with E-state index >= 15 is 0 Å². The summed E-state index contributed by atoms with van der Waals surface area (Å²) in [6, 6.07) is 17.3.